The molecule has 0 aliphatic rings. The van der Waals surface area contributed by atoms with Gasteiger partial charge in [-0.2, -0.15) is 5.10 Å². The Morgan fingerprint density at radius 3 is 2.70 bits per heavy atom. The van der Waals surface area contributed by atoms with Crippen molar-refractivity contribution in [3.63, 3.8) is 0 Å². The summed E-state index contributed by atoms with van der Waals surface area (Å²) in [6, 6.07) is 5.04. The molecule has 2 N–H and O–H groups in total. The Bertz CT molecular complexity index is 773. The number of aromatic nitrogens is 2. The predicted octanol–water partition coefficient (Wildman–Crippen LogP) is 2.17. The van der Waals surface area contributed by atoms with Gasteiger partial charge in [0.15, 0.2) is 5.69 Å². The number of non-ortho nitro benzene ring substituents is 1. The Labute approximate surface area is 134 Å². The first-order chi connectivity index (χ1) is 10.9. The van der Waals surface area contributed by atoms with E-state index in [0.29, 0.717) is 0 Å². The molecule has 0 saturated carbocycles. The van der Waals surface area contributed by atoms with Crippen molar-refractivity contribution in [1.29, 1.82) is 0 Å². The maximum Gasteiger partial charge on any atom is 0.356 e. The molecule has 2 rings (SSSR count). The minimum absolute atomic E-state index is 0.0358. The molecule has 23 heavy (non-hydrogen) atoms. The summed E-state index contributed by atoms with van der Waals surface area (Å²) in [6.45, 7) is 0.184. The van der Waals surface area contributed by atoms with Crippen molar-refractivity contribution in [3.05, 3.63) is 51.3 Å². The molecule has 0 aliphatic heterocycles. The van der Waals surface area contributed by atoms with E-state index in [0.717, 1.165) is 6.07 Å². The second-order valence-corrected chi connectivity index (χ2v) is 4.90. The normalized spacial score (nSPS) is 10.3. The maximum atomic E-state index is 11.8. The van der Waals surface area contributed by atoms with Crippen LogP contribution in [0.2, 0.25) is 5.02 Å². The van der Waals surface area contributed by atoms with Crippen LogP contribution in [0.1, 0.15) is 16.9 Å². The largest absolute Gasteiger partial charge is 0.476 e. The number of nitro groups is 1. The molecule has 10 heteroatoms. The maximum absolute atomic E-state index is 11.8. The number of nitrogens with one attached hydrogen (secondary N) is 1. The second kappa shape index (κ2) is 6.88. The highest BCUT2D eigenvalue weighted by atomic mass is 35.5. The SMILES string of the molecule is O=C(CCn1ccc(C(=O)O)n1)Nc1ccc([N+](=O)[O-])cc1Cl. The van der Waals surface area contributed by atoms with Crippen molar-refractivity contribution < 1.29 is 19.6 Å². The first-order valence-electron chi connectivity index (χ1n) is 6.37. The number of rotatable bonds is 6. The number of aryl methyl sites for hydroxylation is 1. The first-order valence-corrected chi connectivity index (χ1v) is 6.75. The zero-order valence-corrected chi connectivity index (χ0v) is 12.4. The lowest BCUT2D eigenvalue weighted by atomic mass is 10.2. The summed E-state index contributed by atoms with van der Waals surface area (Å²) in [5, 5.41) is 25.7. The van der Waals surface area contributed by atoms with E-state index in [9.17, 15) is 19.7 Å². The molecule has 1 amide bonds. The Kier molecular flexibility index (Phi) is 4.91. The van der Waals surface area contributed by atoms with E-state index in [1.807, 2.05) is 0 Å². The van der Waals surface area contributed by atoms with E-state index in [2.05, 4.69) is 10.4 Å². The number of carboxylic acids is 1. The number of nitro benzene ring substituents is 1. The standard InChI is InChI=1S/C13H11ClN4O5/c14-9-7-8(18(22)23)1-2-10(9)15-12(19)4-6-17-5-3-11(16-17)13(20)21/h1-3,5,7H,4,6H2,(H,15,19)(H,20,21). The number of anilines is 1. The third-order valence-electron chi connectivity index (χ3n) is 2.87. The van der Waals surface area contributed by atoms with Gasteiger partial charge in [0.2, 0.25) is 5.91 Å². The van der Waals surface area contributed by atoms with Gasteiger partial charge in [0, 0.05) is 31.3 Å². The third-order valence-corrected chi connectivity index (χ3v) is 3.18. The summed E-state index contributed by atoms with van der Waals surface area (Å²) >= 11 is 5.87. The summed E-state index contributed by atoms with van der Waals surface area (Å²) in [5.74, 6) is -1.53. The van der Waals surface area contributed by atoms with Crippen LogP contribution in [0, 0.1) is 10.1 Å². The molecule has 0 saturated heterocycles. The monoisotopic (exact) mass is 338 g/mol. The van der Waals surface area contributed by atoms with Crippen molar-refractivity contribution in [3.8, 4) is 0 Å². The van der Waals surface area contributed by atoms with Gasteiger partial charge in [-0.1, -0.05) is 11.6 Å². The predicted molar refractivity (Wildman–Crippen MR) is 80.5 cm³/mol. The Hall–Kier alpha value is -2.94. The summed E-state index contributed by atoms with van der Waals surface area (Å²) in [7, 11) is 0. The molecule has 1 aromatic carbocycles. The number of halogens is 1. The summed E-state index contributed by atoms with van der Waals surface area (Å²) in [4.78, 5) is 32.5. The lowest BCUT2D eigenvalue weighted by molar-refractivity contribution is -0.384. The highest BCUT2D eigenvalue weighted by molar-refractivity contribution is 6.33. The zero-order chi connectivity index (χ0) is 17.0. The van der Waals surface area contributed by atoms with E-state index in [-0.39, 0.29) is 41.0 Å². The third kappa shape index (κ3) is 4.27. The number of carbonyl (C=O) groups is 2. The molecule has 1 heterocycles. The van der Waals surface area contributed by atoms with E-state index in [1.54, 1.807) is 0 Å². The van der Waals surface area contributed by atoms with Gasteiger partial charge in [0.05, 0.1) is 15.6 Å². The number of amides is 1. The van der Waals surface area contributed by atoms with Gasteiger partial charge >= 0.3 is 5.97 Å². The van der Waals surface area contributed by atoms with Crippen LogP contribution >= 0.6 is 11.6 Å². The Morgan fingerprint density at radius 1 is 1.39 bits per heavy atom. The highest BCUT2D eigenvalue weighted by Crippen LogP contribution is 2.26. The number of nitrogens with zero attached hydrogens (tertiary/aromatic N) is 3. The highest BCUT2D eigenvalue weighted by Gasteiger charge is 2.12. The molecule has 0 aliphatic carbocycles. The van der Waals surface area contributed by atoms with Crippen molar-refractivity contribution >= 4 is 34.9 Å². The smallest absolute Gasteiger partial charge is 0.356 e. The second-order valence-electron chi connectivity index (χ2n) is 4.49. The van der Waals surface area contributed by atoms with Gasteiger partial charge < -0.3 is 10.4 Å². The lowest BCUT2D eigenvalue weighted by Crippen LogP contribution is -2.15. The molecule has 0 unspecified atom stereocenters. The van der Waals surface area contributed by atoms with E-state index >= 15 is 0 Å². The average molecular weight is 339 g/mol. The molecule has 120 valence electrons. The molecule has 0 bridgehead atoms. The van der Waals surface area contributed by atoms with Gasteiger partial charge in [0.1, 0.15) is 0 Å². The van der Waals surface area contributed by atoms with Crippen LogP contribution in [-0.4, -0.2) is 31.7 Å². The van der Waals surface area contributed by atoms with Crippen LogP contribution in [0.5, 0.6) is 0 Å². The van der Waals surface area contributed by atoms with Crippen LogP contribution in [0.3, 0.4) is 0 Å². The van der Waals surface area contributed by atoms with E-state index in [1.165, 1.54) is 29.1 Å². The van der Waals surface area contributed by atoms with Gasteiger partial charge in [-0.3, -0.25) is 19.6 Å². The van der Waals surface area contributed by atoms with Crippen LogP contribution < -0.4 is 5.32 Å². The molecule has 0 fully saturated rings. The van der Waals surface area contributed by atoms with Crippen molar-refractivity contribution in [2.24, 2.45) is 0 Å². The van der Waals surface area contributed by atoms with Crippen molar-refractivity contribution in [2.75, 3.05) is 5.32 Å². The van der Waals surface area contributed by atoms with Gasteiger partial charge in [-0.05, 0) is 12.1 Å². The molecule has 0 radical (unpaired) electrons. The van der Waals surface area contributed by atoms with Crippen LogP contribution in [-0.2, 0) is 11.3 Å². The van der Waals surface area contributed by atoms with Crippen molar-refractivity contribution in [2.45, 2.75) is 13.0 Å². The van der Waals surface area contributed by atoms with E-state index < -0.39 is 10.9 Å². The topological polar surface area (TPSA) is 127 Å². The quantitative estimate of drug-likeness (QED) is 0.613. The van der Waals surface area contributed by atoms with Gasteiger partial charge in [-0.15, -0.1) is 0 Å². The number of carbonyl (C=O) groups excluding carboxylic acids is 1. The lowest BCUT2D eigenvalue weighted by Gasteiger charge is -2.07. The van der Waals surface area contributed by atoms with Gasteiger partial charge in [0.25, 0.3) is 5.69 Å². The minimum atomic E-state index is -1.15. The number of hydrogen-bond acceptors (Lipinski definition) is 5. The first kappa shape index (κ1) is 16.4. The van der Waals surface area contributed by atoms with Crippen LogP contribution in [0.15, 0.2) is 30.5 Å². The van der Waals surface area contributed by atoms with Crippen molar-refractivity contribution in [1.82, 2.24) is 9.78 Å². The molecule has 9 nitrogen and oxygen atoms in total. The molecular formula is C13H11ClN4O5. The molecule has 0 atom stereocenters. The summed E-state index contributed by atoms with van der Waals surface area (Å²) < 4.78 is 1.33. The molecule has 1 aromatic heterocycles. The number of carboxylic acid groups (broad SMARTS) is 1. The molecule has 0 spiro atoms. The fourth-order valence-electron chi connectivity index (χ4n) is 1.75. The molecule has 2 aromatic rings. The fraction of sp³-hybridized carbons (Fsp3) is 0.154. The summed E-state index contributed by atoms with van der Waals surface area (Å²) in [6.07, 6.45) is 1.49. The average Bonchev–Trinajstić information content (AvgIpc) is 2.96. The fourth-order valence-corrected chi connectivity index (χ4v) is 1.97. The van der Waals surface area contributed by atoms with E-state index in [4.69, 9.17) is 16.7 Å². The Balaban J connectivity index is 1.94. The number of benzene rings is 1. The van der Waals surface area contributed by atoms with Crippen LogP contribution in [0.25, 0.3) is 0 Å². The minimum Gasteiger partial charge on any atom is -0.476 e. The number of aromatic carboxylic acids is 1. The molecular weight excluding hydrogens is 328 g/mol. The Morgan fingerprint density at radius 2 is 2.13 bits per heavy atom. The summed E-state index contributed by atoms with van der Waals surface area (Å²) in [5.41, 5.74) is -0.0245. The number of hydrogen-bond donors (Lipinski definition) is 2. The van der Waals surface area contributed by atoms with Crippen LogP contribution in [0.4, 0.5) is 11.4 Å². The zero-order valence-electron chi connectivity index (χ0n) is 11.6. The van der Waals surface area contributed by atoms with Gasteiger partial charge in [-0.25, -0.2) is 4.79 Å².